The lowest BCUT2D eigenvalue weighted by Crippen LogP contribution is -2.56. The Kier molecular flexibility index (Phi) is 6.53. The molecule has 3 amide bonds. The highest BCUT2D eigenvalue weighted by Crippen LogP contribution is 2.24. The molecule has 2 saturated heterocycles. The van der Waals surface area contributed by atoms with Crippen molar-refractivity contribution in [1.82, 2.24) is 20.2 Å². The van der Waals surface area contributed by atoms with Crippen molar-refractivity contribution in [3.8, 4) is 0 Å². The fourth-order valence-electron chi connectivity index (χ4n) is 3.29. The molecule has 2 rings (SSSR count). The second-order valence-electron chi connectivity index (χ2n) is 8.25. The quantitative estimate of drug-likeness (QED) is 0.704. The lowest BCUT2D eigenvalue weighted by molar-refractivity contribution is -0.160. The minimum absolute atomic E-state index is 0.361. The Morgan fingerprint density at radius 3 is 2.46 bits per heavy atom. The molecule has 0 aromatic rings. The van der Waals surface area contributed by atoms with Crippen molar-refractivity contribution in [3.63, 3.8) is 0 Å². The van der Waals surface area contributed by atoms with Crippen LogP contribution in [0.2, 0.25) is 0 Å². The second-order valence-corrected chi connectivity index (χ2v) is 8.25. The molecule has 2 aliphatic rings. The maximum absolute atomic E-state index is 12.9. The number of likely N-dealkylation sites (N-methyl/N-ethyl adjacent to an activating group) is 1. The zero-order valence-corrected chi connectivity index (χ0v) is 17.1. The molecular formula is C18H30N4O6. The van der Waals surface area contributed by atoms with Crippen LogP contribution in [0.15, 0.2) is 0 Å². The van der Waals surface area contributed by atoms with E-state index in [4.69, 9.17) is 4.74 Å². The van der Waals surface area contributed by atoms with Crippen molar-refractivity contribution in [3.05, 3.63) is 0 Å². The molecule has 0 aliphatic carbocycles. The standard InChI is InChI=1S/C18H30N4O6/c1-11(20(5)17(27)28-18(2,3)4)14(23)19-12-7-6-9-21-10-8-13(16(25)26)22(21)15(12)24/h11-13H,6-10H2,1-5H3,(H,19,23)(H,25,26). The van der Waals surface area contributed by atoms with Crippen LogP contribution in [0, 0.1) is 0 Å². The monoisotopic (exact) mass is 398 g/mol. The van der Waals surface area contributed by atoms with Crippen LogP contribution in [0.3, 0.4) is 0 Å². The molecule has 2 fully saturated rings. The van der Waals surface area contributed by atoms with Gasteiger partial charge >= 0.3 is 12.1 Å². The number of nitrogens with zero attached hydrogens (tertiary/aromatic N) is 3. The summed E-state index contributed by atoms with van der Waals surface area (Å²) in [5, 5.41) is 15.1. The molecular weight excluding hydrogens is 368 g/mol. The number of amides is 3. The van der Waals surface area contributed by atoms with E-state index >= 15 is 0 Å². The number of carboxylic acid groups (broad SMARTS) is 1. The molecule has 10 nitrogen and oxygen atoms in total. The fourth-order valence-corrected chi connectivity index (χ4v) is 3.29. The molecule has 2 heterocycles. The summed E-state index contributed by atoms with van der Waals surface area (Å²) >= 11 is 0. The van der Waals surface area contributed by atoms with Gasteiger partial charge in [0.05, 0.1) is 0 Å². The van der Waals surface area contributed by atoms with Gasteiger partial charge in [-0.1, -0.05) is 0 Å². The third kappa shape index (κ3) is 4.92. The number of hydrogen-bond donors (Lipinski definition) is 2. The molecule has 3 unspecified atom stereocenters. The van der Waals surface area contributed by atoms with E-state index in [9.17, 15) is 24.3 Å². The summed E-state index contributed by atoms with van der Waals surface area (Å²) in [5.74, 6) is -1.98. The highest BCUT2D eigenvalue weighted by molar-refractivity contribution is 5.92. The smallest absolute Gasteiger partial charge is 0.410 e. The molecule has 0 spiro atoms. The number of nitrogens with one attached hydrogen (secondary N) is 1. The van der Waals surface area contributed by atoms with Gasteiger partial charge in [-0.05, 0) is 47.0 Å². The minimum atomic E-state index is -1.05. The van der Waals surface area contributed by atoms with Crippen LogP contribution in [-0.4, -0.2) is 87.8 Å². The number of fused-ring (bicyclic) bond motifs is 1. The number of aliphatic carboxylic acids is 1. The zero-order chi connectivity index (χ0) is 21.2. The Balaban J connectivity index is 2.04. The molecule has 2 N–H and O–H groups in total. The summed E-state index contributed by atoms with van der Waals surface area (Å²) in [4.78, 5) is 50.3. The van der Waals surface area contributed by atoms with Crippen molar-refractivity contribution in [2.45, 2.75) is 70.7 Å². The third-order valence-electron chi connectivity index (χ3n) is 4.94. The number of carbonyl (C=O) groups is 4. The van der Waals surface area contributed by atoms with Crippen LogP contribution in [0.25, 0.3) is 0 Å². The first kappa shape index (κ1) is 21.9. The maximum Gasteiger partial charge on any atom is 0.410 e. The molecule has 158 valence electrons. The molecule has 3 atom stereocenters. The lowest BCUT2D eigenvalue weighted by atomic mass is 10.1. The maximum atomic E-state index is 12.9. The van der Waals surface area contributed by atoms with E-state index < -0.39 is 47.6 Å². The van der Waals surface area contributed by atoms with Crippen molar-refractivity contribution >= 4 is 23.9 Å². The van der Waals surface area contributed by atoms with Crippen LogP contribution in [0.5, 0.6) is 0 Å². The van der Waals surface area contributed by atoms with Gasteiger partial charge in [0.2, 0.25) is 5.91 Å². The molecule has 2 aliphatic heterocycles. The molecule has 0 aromatic heterocycles. The Morgan fingerprint density at radius 2 is 1.89 bits per heavy atom. The first-order valence-corrected chi connectivity index (χ1v) is 9.49. The minimum Gasteiger partial charge on any atom is -0.480 e. The Labute approximate surface area is 164 Å². The van der Waals surface area contributed by atoms with E-state index in [0.717, 1.165) is 0 Å². The number of ether oxygens (including phenoxy) is 1. The fraction of sp³-hybridized carbons (Fsp3) is 0.778. The number of hydrazine groups is 1. The van der Waals surface area contributed by atoms with Crippen LogP contribution in [0.4, 0.5) is 4.79 Å². The predicted octanol–water partition coefficient (Wildman–Crippen LogP) is 0.423. The van der Waals surface area contributed by atoms with Crippen molar-refractivity contribution < 1.29 is 29.0 Å². The van der Waals surface area contributed by atoms with E-state index in [0.29, 0.717) is 32.4 Å². The number of hydrogen-bond acceptors (Lipinski definition) is 6. The molecule has 0 aromatic carbocycles. The second kappa shape index (κ2) is 8.34. The van der Waals surface area contributed by atoms with E-state index in [-0.39, 0.29) is 0 Å². The SMILES string of the molecule is CC(C(=O)NC1CCCN2CCC(C(=O)O)N2C1=O)N(C)C(=O)OC(C)(C)C. The number of carboxylic acids is 1. The van der Waals surface area contributed by atoms with Gasteiger partial charge in [-0.3, -0.25) is 19.5 Å². The summed E-state index contributed by atoms with van der Waals surface area (Å²) in [6, 6.07) is -2.59. The first-order chi connectivity index (χ1) is 12.9. The van der Waals surface area contributed by atoms with Crippen molar-refractivity contribution in [1.29, 1.82) is 0 Å². The normalized spacial score (nSPS) is 24.2. The largest absolute Gasteiger partial charge is 0.480 e. The summed E-state index contributed by atoms with van der Waals surface area (Å²) in [6.07, 6.45) is 0.779. The Bertz CT molecular complexity index is 646. The van der Waals surface area contributed by atoms with Gasteiger partial charge in [-0.25, -0.2) is 14.6 Å². The number of rotatable bonds is 4. The van der Waals surface area contributed by atoms with Crippen molar-refractivity contribution in [2.24, 2.45) is 0 Å². The van der Waals surface area contributed by atoms with Gasteiger partial charge in [-0.2, -0.15) is 0 Å². The molecule has 0 radical (unpaired) electrons. The summed E-state index contributed by atoms with van der Waals surface area (Å²) < 4.78 is 5.26. The first-order valence-electron chi connectivity index (χ1n) is 9.49. The van der Waals surface area contributed by atoms with Gasteiger partial charge in [0, 0.05) is 20.1 Å². The highest BCUT2D eigenvalue weighted by Gasteiger charge is 2.44. The molecule has 28 heavy (non-hydrogen) atoms. The van der Waals surface area contributed by atoms with Gasteiger partial charge < -0.3 is 15.2 Å². The van der Waals surface area contributed by atoms with Gasteiger partial charge in [0.1, 0.15) is 23.7 Å². The Morgan fingerprint density at radius 1 is 1.25 bits per heavy atom. The number of carbonyl (C=O) groups excluding carboxylic acids is 3. The molecule has 10 heteroatoms. The molecule has 0 bridgehead atoms. The Hall–Kier alpha value is -2.36. The predicted molar refractivity (Wildman–Crippen MR) is 99.1 cm³/mol. The van der Waals surface area contributed by atoms with Crippen molar-refractivity contribution in [2.75, 3.05) is 20.1 Å². The van der Waals surface area contributed by atoms with Gasteiger partial charge in [0.25, 0.3) is 5.91 Å². The summed E-state index contributed by atoms with van der Waals surface area (Å²) in [7, 11) is 1.45. The zero-order valence-electron chi connectivity index (χ0n) is 17.1. The average molecular weight is 398 g/mol. The van der Waals surface area contributed by atoms with Gasteiger partial charge in [0.15, 0.2) is 0 Å². The van der Waals surface area contributed by atoms with E-state index in [1.165, 1.54) is 17.0 Å². The van der Waals surface area contributed by atoms with Crippen LogP contribution in [0.1, 0.15) is 47.0 Å². The van der Waals surface area contributed by atoms with E-state index in [1.54, 1.807) is 32.7 Å². The van der Waals surface area contributed by atoms with Crippen LogP contribution in [-0.2, 0) is 19.1 Å². The molecule has 0 saturated carbocycles. The highest BCUT2D eigenvalue weighted by atomic mass is 16.6. The topological polar surface area (TPSA) is 119 Å². The van der Waals surface area contributed by atoms with Crippen LogP contribution < -0.4 is 5.32 Å². The summed E-state index contributed by atoms with van der Waals surface area (Å²) in [5.41, 5.74) is -0.691. The van der Waals surface area contributed by atoms with Gasteiger partial charge in [-0.15, -0.1) is 0 Å². The van der Waals surface area contributed by atoms with Crippen LogP contribution >= 0.6 is 0 Å². The average Bonchev–Trinajstić information content (AvgIpc) is 2.95. The third-order valence-corrected chi connectivity index (χ3v) is 4.94. The van der Waals surface area contributed by atoms with E-state index in [1.807, 2.05) is 0 Å². The summed E-state index contributed by atoms with van der Waals surface area (Å²) in [6.45, 7) is 7.80. The van der Waals surface area contributed by atoms with E-state index in [2.05, 4.69) is 5.32 Å². The lowest BCUT2D eigenvalue weighted by Gasteiger charge is -2.31.